The van der Waals surface area contributed by atoms with Gasteiger partial charge in [0.2, 0.25) is 0 Å². The summed E-state index contributed by atoms with van der Waals surface area (Å²) < 4.78 is 5.49. The van der Waals surface area contributed by atoms with Crippen molar-refractivity contribution in [3.8, 4) is 0 Å². The van der Waals surface area contributed by atoms with E-state index in [1.165, 1.54) is 83.5 Å². The van der Waals surface area contributed by atoms with E-state index in [4.69, 9.17) is 4.74 Å². The van der Waals surface area contributed by atoms with Gasteiger partial charge in [-0.3, -0.25) is 0 Å². The number of fused-ring (bicyclic) bond motifs is 5. The number of hydrogen-bond acceptors (Lipinski definition) is 1. The first kappa shape index (κ1) is 23.4. The van der Waals surface area contributed by atoms with Crippen molar-refractivity contribution in [3.63, 3.8) is 0 Å². The minimum atomic E-state index is 0.526. The van der Waals surface area contributed by atoms with Crippen LogP contribution in [0.15, 0.2) is 11.6 Å². The topological polar surface area (TPSA) is 12.5 Å². The molecule has 0 bridgehead atoms. The molecular weight excluding hydrogens is 388 g/mol. The Morgan fingerprint density at radius 1 is 0.969 bits per heavy atom. The van der Waals surface area contributed by atoms with Crippen LogP contribution in [0, 0.1) is 52.3 Å². The average molecular weight is 441 g/mol. The van der Waals surface area contributed by atoms with Gasteiger partial charge in [-0.15, -0.1) is 0 Å². The summed E-state index contributed by atoms with van der Waals surface area (Å²) in [5, 5.41) is 0. The summed E-state index contributed by atoms with van der Waals surface area (Å²) in [7, 11) is 0. The zero-order chi connectivity index (χ0) is 22.5. The summed E-state index contributed by atoms with van der Waals surface area (Å²) in [5.41, 5.74) is 3.03. The van der Waals surface area contributed by atoms with E-state index in [1.54, 1.807) is 0 Å². The Labute approximate surface area is 199 Å². The lowest BCUT2D eigenvalue weighted by atomic mass is 9.46. The van der Waals surface area contributed by atoms with Crippen LogP contribution in [0.3, 0.4) is 0 Å². The van der Waals surface area contributed by atoms with Gasteiger partial charge >= 0.3 is 0 Å². The smallest absolute Gasteiger partial charge is 0.0810 e. The Morgan fingerprint density at radius 2 is 1.78 bits per heavy atom. The van der Waals surface area contributed by atoms with Crippen LogP contribution in [0.25, 0.3) is 0 Å². The summed E-state index contributed by atoms with van der Waals surface area (Å²) in [6, 6.07) is 0. The summed E-state index contributed by atoms with van der Waals surface area (Å²) in [6.45, 7) is 13.9. The van der Waals surface area contributed by atoms with Crippen LogP contribution in [-0.2, 0) is 4.74 Å². The van der Waals surface area contributed by atoms with Crippen molar-refractivity contribution < 1.29 is 4.74 Å². The highest BCUT2D eigenvalue weighted by molar-refractivity contribution is 5.25. The molecule has 4 aliphatic carbocycles. The van der Waals surface area contributed by atoms with Gasteiger partial charge in [-0.05, 0) is 116 Å². The fraction of sp³-hybridized carbons (Fsp3) is 0.935. The van der Waals surface area contributed by atoms with Crippen LogP contribution in [-0.4, -0.2) is 12.7 Å². The van der Waals surface area contributed by atoms with Gasteiger partial charge in [0.25, 0.3) is 0 Å². The van der Waals surface area contributed by atoms with Gasteiger partial charge in [-0.1, -0.05) is 65.5 Å². The Balaban J connectivity index is 1.25. The third-order valence-corrected chi connectivity index (χ3v) is 11.7. The normalized spacial score (nSPS) is 46.2. The quantitative estimate of drug-likeness (QED) is 0.271. The predicted octanol–water partition coefficient (Wildman–Crippen LogP) is 8.82. The second kappa shape index (κ2) is 9.05. The lowest BCUT2D eigenvalue weighted by Gasteiger charge is -2.58. The zero-order valence-electron chi connectivity index (χ0n) is 22.0. The lowest BCUT2D eigenvalue weighted by Crippen LogP contribution is -2.50. The van der Waals surface area contributed by atoms with Crippen molar-refractivity contribution in [2.24, 2.45) is 52.3 Å². The van der Waals surface area contributed by atoms with E-state index in [1.807, 2.05) is 5.57 Å². The number of ether oxygens (including phenoxy) is 1. The first-order chi connectivity index (χ1) is 15.3. The Kier molecular flexibility index (Phi) is 6.63. The molecule has 9 atom stereocenters. The van der Waals surface area contributed by atoms with Gasteiger partial charge in [0.1, 0.15) is 0 Å². The number of allylic oxidation sites excluding steroid dienone is 2. The maximum Gasteiger partial charge on any atom is 0.0810 e. The van der Waals surface area contributed by atoms with Gasteiger partial charge in [-0.2, -0.15) is 0 Å². The molecule has 182 valence electrons. The highest BCUT2D eigenvalue weighted by Gasteiger charge is 2.59. The molecule has 5 rings (SSSR count). The molecule has 0 spiro atoms. The Bertz CT molecular complexity index is 689. The summed E-state index contributed by atoms with van der Waals surface area (Å²) in [4.78, 5) is 0. The molecule has 0 amide bonds. The maximum atomic E-state index is 5.49. The van der Waals surface area contributed by atoms with Gasteiger partial charge in [0.05, 0.1) is 12.7 Å². The van der Waals surface area contributed by atoms with Gasteiger partial charge in [0.15, 0.2) is 0 Å². The molecule has 1 heteroatoms. The van der Waals surface area contributed by atoms with E-state index in [0.29, 0.717) is 16.9 Å². The second-order valence-electron chi connectivity index (χ2n) is 13.9. The van der Waals surface area contributed by atoms with Crippen LogP contribution in [0.4, 0.5) is 0 Å². The van der Waals surface area contributed by atoms with Gasteiger partial charge in [0, 0.05) is 0 Å². The zero-order valence-corrected chi connectivity index (χ0v) is 22.0. The minimum Gasteiger partial charge on any atom is -0.373 e. The molecule has 4 fully saturated rings. The van der Waals surface area contributed by atoms with Crippen LogP contribution < -0.4 is 0 Å². The van der Waals surface area contributed by atoms with Crippen molar-refractivity contribution >= 4 is 0 Å². The summed E-state index contributed by atoms with van der Waals surface area (Å²) in [6.07, 6.45) is 22.3. The molecule has 1 saturated heterocycles. The SMILES string of the molecule is CC(C)CCC[C@@H](C)[C@H]1CCC2C3CC=C4C[C@@H](CCC5CO5)CC[C@]4(C)C3CC[C@@]21C. The number of epoxide rings is 1. The molecule has 3 saturated carbocycles. The molecule has 0 radical (unpaired) electrons. The van der Waals surface area contributed by atoms with Crippen LogP contribution in [0.1, 0.15) is 118 Å². The molecule has 1 aliphatic heterocycles. The third kappa shape index (κ3) is 4.27. The van der Waals surface area contributed by atoms with Crippen molar-refractivity contribution in [1.29, 1.82) is 0 Å². The maximum absolute atomic E-state index is 5.49. The predicted molar refractivity (Wildman–Crippen MR) is 136 cm³/mol. The first-order valence-electron chi connectivity index (χ1n) is 14.6. The van der Waals surface area contributed by atoms with E-state index in [9.17, 15) is 0 Å². The van der Waals surface area contributed by atoms with E-state index in [-0.39, 0.29) is 0 Å². The van der Waals surface area contributed by atoms with Crippen LogP contribution in [0.5, 0.6) is 0 Å². The third-order valence-electron chi connectivity index (χ3n) is 11.7. The van der Waals surface area contributed by atoms with E-state index < -0.39 is 0 Å². The fourth-order valence-electron chi connectivity index (χ4n) is 9.66. The molecule has 1 nitrogen and oxygen atoms in total. The largest absolute Gasteiger partial charge is 0.373 e. The summed E-state index contributed by atoms with van der Waals surface area (Å²) >= 11 is 0. The average Bonchev–Trinajstić information content (AvgIpc) is 3.51. The molecular formula is C31H52O. The molecule has 0 aromatic heterocycles. The minimum absolute atomic E-state index is 0.526. The number of hydrogen-bond donors (Lipinski definition) is 0. The fourth-order valence-corrected chi connectivity index (χ4v) is 9.66. The van der Waals surface area contributed by atoms with Crippen molar-refractivity contribution in [1.82, 2.24) is 0 Å². The summed E-state index contributed by atoms with van der Waals surface area (Å²) in [5.74, 6) is 6.67. The Hall–Kier alpha value is -0.300. The molecule has 1 heterocycles. The molecule has 4 unspecified atom stereocenters. The van der Waals surface area contributed by atoms with Crippen molar-refractivity contribution in [2.75, 3.05) is 6.61 Å². The monoisotopic (exact) mass is 440 g/mol. The van der Waals surface area contributed by atoms with Crippen molar-refractivity contribution in [2.45, 2.75) is 124 Å². The van der Waals surface area contributed by atoms with E-state index >= 15 is 0 Å². The van der Waals surface area contributed by atoms with E-state index in [2.05, 4.69) is 40.7 Å². The highest BCUT2D eigenvalue weighted by atomic mass is 16.6. The molecule has 0 aromatic rings. The van der Waals surface area contributed by atoms with Crippen LogP contribution >= 0.6 is 0 Å². The standard InChI is InChI=1S/C31H52O/c1-21(2)7-6-8-22(3)27-13-14-28-26-12-10-24-19-23(9-11-25-20-32-25)15-17-30(24,4)29(26)16-18-31(27,28)5/h10,21-23,25-29H,6-9,11-20H2,1-5H3/t22-,23+,25?,26?,27-,28?,29?,30+,31-/m1/s1. The molecule has 32 heavy (non-hydrogen) atoms. The van der Waals surface area contributed by atoms with Crippen LogP contribution in [0.2, 0.25) is 0 Å². The second-order valence-corrected chi connectivity index (χ2v) is 13.9. The molecule has 5 aliphatic rings. The van der Waals surface area contributed by atoms with Gasteiger partial charge in [-0.25, -0.2) is 0 Å². The first-order valence-corrected chi connectivity index (χ1v) is 14.6. The van der Waals surface area contributed by atoms with E-state index in [0.717, 1.165) is 48.0 Å². The molecule has 0 aromatic carbocycles. The van der Waals surface area contributed by atoms with Crippen molar-refractivity contribution in [3.05, 3.63) is 11.6 Å². The number of rotatable bonds is 8. The lowest BCUT2D eigenvalue weighted by molar-refractivity contribution is -0.0529. The van der Waals surface area contributed by atoms with Gasteiger partial charge < -0.3 is 4.74 Å². The highest BCUT2D eigenvalue weighted by Crippen LogP contribution is 2.67. The molecule has 0 N–H and O–H groups in total. The Morgan fingerprint density at radius 3 is 2.53 bits per heavy atom.